The summed E-state index contributed by atoms with van der Waals surface area (Å²) >= 11 is 3.40. The summed E-state index contributed by atoms with van der Waals surface area (Å²) in [6.07, 6.45) is 0.837. The first-order valence-corrected chi connectivity index (χ1v) is 9.18. The molecule has 5 nitrogen and oxygen atoms in total. The zero-order chi connectivity index (χ0) is 19.2. The lowest BCUT2D eigenvalue weighted by Crippen LogP contribution is -2.33. The topological polar surface area (TPSA) is 59.9 Å². The minimum absolute atomic E-state index is 0.340. The Balaban J connectivity index is 1.67. The van der Waals surface area contributed by atoms with Gasteiger partial charge in [-0.15, -0.1) is 0 Å². The molecule has 0 unspecified atom stereocenters. The molecule has 0 aliphatic heterocycles. The van der Waals surface area contributed by atoms with Gasteiger partial charge in [0.15, 0.2) is 6.10 Å². The molecule has 6 heteroatoms. The average molecular weight is 427 g/mol. The highest BCUT2D eigenvalue weighted by Crippen LogP contribution is 2.26. The Hall–Kier alpha value is -2.86. The third-order valence-corrected chi connectivity index (χ3v) is 4.49. The molecule has 0 aliphatic carbocycles. The van der Waals surface area contributed by atoms with E-state index in [1.165, 1.54) is 6.21 Å². The largest absolute Gasteiger partial charge is 0.496 e. The van der Waals surface area contributed by atoms with Crippen molar-refractivity contribution in [1.82, 2.24) is 5.43 Å². The molecule has 0 aromatic heterocycles. The molecule has 27 heavy (non-hydrogen) atoms. The van der Waals surface area contributed by atoms with Gasteiger partial charge in [-0.05, 0) is 36.6 Å². The molecule has 0 heterocycles. The molecule has 3 aromatic carbocycles. The smallest absolute Gasteiger partial charge is 0.280 e. The lowest BCUT2D eigenvalue weighted by molar-refractivity contribution is -0.127. The van der Waals surface area contributed by atoms with Gasteiger partial charge in [0.05, 0.1) is 13.3 Å². The Bertz CT molecular complexity index is 983. The van der Waals surface area contributed by atoms with Crippen molar-refractivity contribution in [3.8, 4) is 11.5 Å². The van der Waals surface area contributed by atoms with E-state index in [4.69, 9.17) is 9.47 Å². The van der Waals surface area contributed by atoms with Crippen LogP contribution in [0.1, 0.15) is 12.5 Å². The summed E-state index contributed by atoms with van der Waals surface area (Å²) in [5, 5.41) is 6.03. The Morgan fingerprint density at radius 1 is 1.11 bits per heavy atom. The molecule has 138 valence electrons. The maximum atomic E-state index is 12.3. The van der Waals surface area contributed by atoms with Crippen LogP contribution in [0.4, 0.5) is 0 Å². The van der Waals surface area contributed by atoms with E-state index in [0.717, 1.165) is 20.8 Å². The molecular weight excluding hydrogens is 408 g/mol. The van der Waals surface area contributed by atoms with Gasteiger partial charge in [0.1, 0.15) is 11.5 Å². The summed E-state index contributed by atoms with van der Waals surface area (Å²) in [4.78, 5) is 12.3. The molecule has 0 saturated carbocycles. The molecule has 0 spiro atoms. The summed E-state index contributed by atoms with van der Waals surface area (Å²) in [6.45, 7) is 1.69. The number of nitrogens with one attached hydrogen (secondary N) is 1. The van der Waals surface area contributed by atoms with Crippen molar-refractivity contribution in [3.63, 3.8) is 0 Å². The zero-order valence-corrected chi connectivity index (χ0v) is 16.6. The van der Waals surface area contributed by atoms with Crippen molar-refractivity contribution < 1.29 is 14.3 Å². The number of nitrogens with zero attached hydrogens (tertiary/aromatic N) is 1. The molecule has 0 radical (unpaired) electrons. The zero-order valence-electron chi connectivity index (χ0n) is 15.0. The minimum Gasteiger partial charge on any atom is -0.496 e. The van der Waals surface area contributed by atoms with Crippen LogP contribution < -0.4 is 14.9 Å². The van der Waals surface area contributed by atoms with Crippen LogP contribution in [0.25, 0.3) is 10.8 Å². The highest BCUT2D eigenvalue weighted by atomic mass is 79.9. The maximum Gasteiger partial charge on any atom is 0.280 e. The fourth-order valence-electron chi connectivity index (χ4n) is 2.60. The van der Waals surface area contributed by atoms with E-state index in [9.17, 15) is 4.79 Å². The van der Waals surface area contributed by atoms with Crippen LogP contribution in [0, 0.1) is 0 Å². The Labute approximate surface area is 166 Å². The number of carbonyl (C=O) groups is 1. The quantitative estimate of drug-likeness (QED) is 0.465. The molecule has 0 fully saturated rings. The number of ether oxygens (including phenoxy) is 2. The molecule has 0 aliphatic rings. The molecule has 3 rings (SSSR count). The Kier molecular flexibility index (Phi) is 6.08. The second kappa shape index (κ2) is 8.68. The fraction of sp³-hybridized carbons (Fsp3) is 0.143. The van der Waals surface area contributed by atoms with Gasteiger partial charge < -0.3 is 9.47 Å². The Morgan fingerprint density at radius 2 is 1.89 bits per heavy atom. The van der Waals surface area contributed by atoms with Crippen LogP contribution in [0.15, 0.2) is 70.2 Å². The molecule has 1 amide bonds. The van der Waals surface area contributed by atoms with Crippen molar-refractivity contribution in [3.05, 3.63) is 70.7 Å². The van der Waals surface area contributed by atoms with Crippen LogP contribution in [-0.4, -0.2) is 25.3 Å². The van der Waals surface area contributed by atoms with E-state index in [1.54, 1.807) is 14.0 Å². The van der Waals surface area contributed by atoms with E-state index in [0.29, 0.717) is 11.5 Å². The van der Waals surface area contributed by atoms with Crippen LogP contribution in [0.2, 0.25) is 0 Å². The number of amides is 1. The number of carbonyl (C=O) groups excluding carboxylic acids is 1. The lowest BCUT2D eigenvalue weighted by Gasteiger charge is -2.14. The fourth-order valence-corrected chi connectivity index (χ4v) is 2.98. The van der Waals surface area contributed by atoms with Crippen LogP contribution >= 0.6 is 15.9 Å². The number of benzene rings is 3. The predicted octanol–water partition coefficient (Wildman–Crippen LogP) is 4.53. The van der Waals surface area contributed by atoms with Crippen LogP contribution in [0.3, 0.4) is 0 Å². The summed E-state index contributed by atoms with van der Waals surface area (Å²) in [5.41, 5.74) is 3.25. The summed E-state index contributed by atoms with van der Waals surface area (Å²) in [7, 11) is 1.58. The van der Waals surface area contributed by atoms with Gasteiger partial charge in [0, 0.05) is 15.4 Å². The van der Waals surface area contributed by atoms with Crippen LogP contribution in [-0.2, 0) is 4.79 Å². The second-order valence-corrected chi connectivity index (χ2v) is 6.77. The van der Waals surface area contributed by atoms with E-state index < -0.39 is 6.10 Å². The van der Waals surface area contributed by atoms with Gasteiger partial charge >= 0.3 is 0 Å². The standard InChI is InChI=1S/C21H19BrN2O3/c1-14(27-20-9-5-7-15-6-3-4-8-18(15)20)21(25)24-23-13-16-12-17(22)10-11-19(16)26-2/h3-14H,1-2H3,(H,24,25)/b23-13-/t14-/m1/s1. The number of methoxy groups -OCH3 is 1. The van der Waals surface area contributed by atoms with Gasteiger partial charge in [-0.2, -0.15) is 5.10 Å². The van der Waals surface area contributed by atoms with Gasteiger partial charge in [0.2, 0.25) is 0 Å². The van der Waals surface area contributed by atoms with Crippen molar-refractivity contribution in [2.45, 2.75) is 13.0 Å². The number of rotatable bonds is 6. The third-order valence-electron chi connectivity index (χ3n) is 3.99. The predicted molar refractivity (Wildman–Crippen MR) is 110 cm³/mol. The van der Waals surface area contributed by atoms with E-state index in [2.05, 4.69) is 26.5 Å². The molecule has 1 N–H and O–H groups in total. The number of hydrogen-bond donors (Lipinski definition) is 1. The Morgan fingerprint density at radius 3 is 2.70 bits per heavy atom. The molecular formula is C21H19BrN2O3. The highest BCUT2D eigenvalue weighted by Gasteiger charge is 2.15. The monoisotopic (exact) mass is 426 g/mol. The second-order valence-electron chi connectivity index (χ2n) is 5.86. The molecule has 0 saturated heterocycles. The van der Waals surface area contributed by atoms with Gasteiger partial charge in [-0.25, -0.2) is 5.43 Å². The number of halogens is 1. The summed E-state index contributed by atoms with van der Waals surface area (Å²) in [5.74, 6) is 0.984. The molecule has 0 bridgehead atoms. The highest BCUT2D eigenvalue weighted by molar-refractivity contribution is 9.10. The first-order chi connectivity index (χ1) is 13.1. The summed E-state index contributed by atoms with van der Waals surface area (Å²) in [6, 6.07) is 19.2. The van der Waals surface area contributed by atoms with Gasteiger partial charge in [-0.1, -0.05) is 52.3 Å². The van der Waals surface area contributed by atoms with Crippen molar-refractivity contribution in [2.75, 3.05) is 7.11 Å². The van der Waals surface area contributed by atoms with Crippen molar-refractivity contribution in [2.24, 2.45) is 5.10 Å². The lowest BCUT2D eigenvalue weighted by atomic mass is 10.1. The SMILES string of the molecule is COc1ccc(Br)cc1/C=N\NC(=O)[C@@H](C)Oc1cccc2ccccc12. The number of fused-ring (bicyclic) bond motifs is 1. The molecule has 3 aromatic rings. The van der Waals surface area contributed by atoms with Crippen molar-refractivity contribution >= 4 is 38.8 Å². The molecule has 1 atom stereocenters. The first-order valence-electron chi connectivity index (χ1n) is 8.39. The third kappa shape index (κ3) is 4.65. The van der Waals surface area contributed by atoms with Crippen LogP contribution in [0.5, 0.6) is 11.5 Å². The van der Waals surface area contributed by atoms with E-state index in [-0.39, 0.29) is 5.91 Å². The summed E-state index contributed by atoms with van der Waals surface area (Å²) < 4.78 is 12.0. The van der Waals surface area contributed by atoms with Crippen molar-refractivity contribution in [1.29, 1.82) is 0 Å². The minimum atomic E-state index is -0.697. The number of hydrazone groups is 1. The van der Waals surface area contributed by atoms with E-state index in [1.807, 2.05) is 60.7 Å². The first kappa shape index (κ1) is 18.9. The average Bonchev–Trinajstić information content (AvgIpc) is 2.68. The maximum absolute atomic E-state index is 12.3. The van der Waals surface area contributed by atoms with E-state index >= 15 is 0 Å². The van der Waals surface area contributed by atoms with Gasteiger partial charge in [0.25, 0.3) is 5.91 Å². The van der Waals surface area contributed by atoms with Gasteiger partial charge in [-0.3, -0.25) is 4.79 Å². The normalized spacial score (nSPS) is 12.1. The number of hydrogen-bond acceptors (Lipinski definition) is 4.